The van der Waals surface area contributed by atoms with Gasteiger partial charge < -0.3 is 10.0 Å². The van der Waals surface area contributed by atoms with Crippen LogP contribution in [0, 0.1) is 11.6 Å². The summed E-state index contributed by atoms with van der Waals surface area (Å²) in [5.41, 5.74) is 0.106. The van der Waals surface area contributed by atoms with Gasteiger partial charge in [-0.05, 0) is 12.1 Å². The van der Waals surface area contributed by atoms with Gasteiger partial charge in [-0.15, -0.1) is 0 Å². The largest absolute Gasteiger partial charge is 0.480 e. The molecule has 2 N–H and O–H groups in total. The van der Waals surface area contributed by atoms with Crippen molar-refractivity contribution < 1.29 is 18.8 Å². The molecule has 0 aliphatic heterocycles. The Morgan fingerprint density at radius 2 is 1.92 bits per heavy atom. The van der Waals surface area contributed by atoms with Crippen molar-refractivity contribution in [3.05, 3.63) is 41.4 Å². The van der Waals surface area contributed by atoms with Gasteiger partial charge in [0.15, 0.2) is 0 Å². The number of halogens is 2. The lowest BCUT2D eigenvalue weighted by atomic mass is 9.91. The SMILES string of the molecule is OB(O)/C=C/c1ccc(F)cc1F. The second kappa shape index (κ2) is 4.16. The van der Waals surface area contributed by atoms with Gasteiger partial charge in [-0.3, -0.25) is 0 Å². The third-order valence-electron chi connectivity index (χ3n) is 1.41. The minimum atomic E-state index is -1.63. The molecule has 2 nitrogen and oxygen atoms in total. The zero-order valence-corrected chi connectivity index (χ0v) is 6.61. The van der Waals surface area contributed by atoms with Crippen molar-refractivity contribution in [1.29, 1.82) is 0 Å². The molecule has 0 aliphatic carbocycles. The van der Waals surface area contributed by atoms with E-state index in [9.17, 15) is 8.78 Å². The van der Waals surface area contributed by atoms with E-state index in [1.165, 1.54) is 12.1 Å². The molecule has 0 fully saturated rings. The van der Waals surface area contributed by atoms with E-state index in [2.05, 4.69) is 0 Å². The maximum absolute atomic E-state index is 12.8. The van der Waals surface area contributed by atoms with Crippen molar-refractivity contribution >= 4 is 13.2 Å². The first-order chi connectivity index (χ1) is 6.09. The van der Waals surface area contributed by atoms with Crippen molar-refractivity contribution in [2.45, 2.75) is 0 Å². The summed E-state index contributed by atoms with van der Waals surface area (Å²) < 4.78 is 25.2. The smallest absolute Gasteiger partial charge is 0.424 e. The summed E-state index contributed by atoms with van der Waals surface area (Å²) in [5.74, 6) is -0.424. The summed E-state index contributed by atoms with van der Waals surface area (Å²) in [6, 6.07) is 3.03. The van der Waals surface area contributed by atoms with Crippen LogP contribution in [0.4, 0.5) is 8.78 Å². The Kier molecular flexibility index (Phi) is 3.16. The molecule has 0 atom stereocenters. The maximum atomic E-state index is 12.8. The summed E-state index contributed by atoms with van der Waals surface area (Å²) in [6.45, 7) is 0. The summed E-state index contributed by atoms with van der Waals surface area (Å²) in [6.07, 6.45) is 1.17. The van der Waals surface area contributed by atoms with Crippen LogP contribution < -0.4 is 0 Å². The van der Waals surface area contributed by atoms with E-state index in [4.69, 9.17) is 10.0 Å². The molecule has 0 heterocycles. The van der Waals surface area contributed by atoms with Crippen LogP contribution in [0.1, 0.15) is 5.56 Å². The van der Waals surface area contributed by atoms with Crippen LogP contribution in [0.2, 0.25) is 0 Å². The fourth-order valence-electron chi connectivity index (χ4n) is 0.826. The molecule has 1 aromatic carbocycles. The predicted molar refractivity (Wildman–Crippen MR) is 45.6 cm³/mol. The van der Waals surface area contributed by atoms with Crippen LogP contribution in [0.15, 0.2) is 24.2 Å². The van der Waals surface area contributed by atoms with Crippen LogP contribution >= 0.6 is 0 Å². The third kappa shape index (κ3) is 2.97. The van der Waals surface area contributed by atoms with E-state index < -0.39 is 18.8 Å². The molecule has 0 saturated heterocycles. The topological polar surface area (TPSA) is 40.5 Å². The molecule has 0 aliphatic rings. The molecule has 1 rings (SSSR count). The van der Waals surface area contributed by atoms with Crippen molar-refractivity contribution in [3.63, 3.8) is 0 Å². The average Bonchev–Trinajstić information content (AvgIpc) is 2.02. The quantitative estimate of drug-likeness (QED) is 0.672. The standard InChI is InChI=1S/C8H7BF2O2/c10-7-2-1-6(8(11)5-7)3-4-9(12)13/h1-5,12-13H/b4-3+. The Hall–Kier alpha value is -1.20. The lowest BCUT2D eigenvalue weighted by Gasteiger charge is -1.96. The lowest BCUT2D eigenvalue weighted by Crippen LogP contribution is -2.05. The average molecular weight is 184 g/mol. The van der Waals surface area contributed by atoms with Gasteiger partial charge in [0.1, 0.15) is 11.6 Å². The Morgan fingerprint density at radius 1 is 1.23 bits per heavy atom. The zero-order chi connectivity index (χ0) is 9.84. The monoisotopic (exact) mass is 184 g/mol. The zero-order valence-electron chi connectivity index (χ0n) is 6.61. The van der Waals surface area contributed by atoms with Gasteiger partial charge in [0.05, 0.1) is 0 Å². The van der Waals surface area contributed by atoms with E-state index >= 15 is 0 Å². The summed E-state index contributed by atoms with van der Waals surface area (Å²) in [7, 11) is -1.63. The molecule has 0 unspecified atom stereocenters. The first kappa shape index (κ1) is 9.89. The van der Waals surface area contributed by atoms with Crippen molar-refractivity contribution in [2.75, 3.05) is 0 Å². The number of rotatable bonds is 2. The van der Waals surface area contributed by atoms with Crippen LogP contribution in [0.3, 0.4) is 0 Å². The van der Waals surface area contributed by atoms with Gasteiger partial charge in [0, 0.05) is 11.6 Å². The van der Waals surface area contributed by atoms with E-state index in [0.717, 1.165) is 18.1 Å². The van der Waals surface area contributed by atoms with Gasteiger partial charge in [-0.25, -0.2) is 8.78 Å². The molecule has 13 heavy (non-hydrogen) atoms. The van der Waals surface area contributed by atoms with E-state index in [1.807, 2.05) is 0 Å². The Morgan fingerprint density at radius 3 is 2.46 bits per heavy atom. The Balaban J connectivity index is 2.90. The van der Waals surface area contributed by atoms with Gasteiger partial charge >= 0.3 is 7.12 Å². The molecule has 0 saturated carbocycles. The van der Waals surface area contributed by atoms with Gasteiger partial charge in [-0.1, -0.05) is 12.1 Å². The predicted octanol–water partition coefficient (Wildman–Crippen LogP) is 0.990. The van der Waals surface area contributed by atoms with Gasteiger partial charge in [-0.2, -0.15) is 0 Å². The number of benzene rings is 1. The van der Waals surface area contributed by atoms with Crippen LogP contribution in [0.5, 0.6) is 0 Å². The minimum absolute atomic E-state index is 0.106. The molecular formula is C8H7BF2O2. The summed E-state index contributed by atoms with van der Waals surface area (Å²) in [5, 5.41) is 16.9. The number of hydrogen-bond donors (Lipinski definition) is 2. The molecule has 0 bridgehead atoms. The van der Waals surface area contributed by atoms with E-state index in [-0.39, 0.29) is 5.56 Å². The summed E-state index contributed by atoms with van der Waals surface area (Å²) >= 11 is 0. The molecule has 1 aromatic rings. The molecular weight excluding hydrogens is 177 g/mol. The highest BCUT2D eigenvalue weighted by atomic mass is 19.1. The highest BCUT2D eigenvalue weighted by molar-refractivity contribution is 6.48. The van der Waals surface area contributed by atoms with Crippen molar-refractivity contribution in [3.8, 4) is 0 Å². The lowest BCUT2D eigenvalue weighted by molar-refractivity contribution is 0.424. The normalized spacial score (nSPS) is 10.8. The number of hydrogen-bond acceptors (Lipinski definition) is 2. The molecule has 5 heteroatoms. The Labute approximate surface area is 74.3 Å². The second-order valence-corrected chi connectivity index (χ2v) is 2.44. The molecule has 0 radical (unpaired) electrons. The second-order valence-electron chi connectivity index (χ2n) is 2.44. The van der Waals surface area contributed by atoms with Gasteiger partial charge in [0.2, 0.25) is 0 Å². The van der Waals surface area contributed by atoms with Gasteiger partial charge in [0.25, 0.3) is 0 Å². The molecule has 0 spiro atoms. The first-order valence-electron chi connectivity index (χ1n) is 3.59. The van der Waals surface area contributed by atoms with Crippen LogP contribution in [0.25, 0.3) is 6.08 Å². The highest BCUT2D eigenvalue weighted by Gasteiger charge is 2.02. The maximum Gasteiger partial charge on any atom is 0.480 e. The summed E-state index contributed by atoms with van der Waals surface area (Å²) in [4.78, 5) is 0. The first-order valence-corrected chi connectivity index (χ1v) is 3.59. The van der Waals surface area contributed by atoms with Crippen molar-refractivity contribution in [1.82, 2.24) is 0 Å². The van der Waals surface area contributed by atoms with Crippen molar-refractivity contribution in [2.24, 2.45) is 0 Å². The molecule has 0 aromatic heterocycles. The fraction of sp³-hybridized carbons (Fsp3) is 0. The minimum Gasteiger partial charge on any atom is -0.424 e. The Bertz CT molecular complexity index is 326. The molecule has 0 amide bonds. The van der Waals surface area contributed by atoms with Crippen LogP contribution in [-0.4, -0.2) is 17.2 Å². The highest BCUT2D eigenvalue weighted by Crippen LogP contribution is 2.10. The fourth-order valence-corrected chi connectivity index (χ4v) is 0.826. The van der Waals surface area contributed by atoms with E-state index in [1.54, 1.807) is 0 Å². The van der Waals surface area contributed by atoms with E-state index in [0.29, 0.717) is 0 Å². The molecule has 68 valence electrons. The van der Waals surface area contributed by atoms with Crippen LogP contribution in [-0.2, 0) is 0 Å². The third-order valence-corrected chi connectivity index (χ3v) is 1.41.